The number of hydrogen-bond acceptors (Lipinski definition) is 4. The fourth-order valence-electron chi connectivity index (χ4n) is 3.38. The summed E-state index contributed by atoms with van der Waals surface area (Å²) in [6.07, 6.45) is -1.25. The van der Waals surface area contributed by atoms with Gasteiger partial charge in [0.15, 0.2) is 5.82 Å². The molecule has 2 atom stereocenters. The highest BCUT2D eigenvalue weighted by atomic mass is 35.5. The van der Waals surface area contributed by atoms with Crippen molar-refractivity contribution < 1.29 is 18.0 Å². The number of nitrogens with one attached hydrogen (secondary N) is 2. The smallest absolute Gasteiger partial charge is 0.348 e. The first-order valence-corrected chi connectivity index (χ1v) is 9.31. The largest absolute Gasteiger partial charge is 0.417 e. The minimum Gasteiger partial charge on any atom is -0.348 e. The molecule has 160 valence electrons. The molecule has 0 radical (unpaired) electrons. The standard InChI is InChI=1S/C19H24F3N5O.ClH/c1-11(2)17-14(18(28)26-15-10-23-7-6-12(15)3)9-25-27(17)16-5-4-13(8-24-16)19(20,21)22;/h4-5,8-9,11-12,15,23H,6-7,10H2,1-3H3,(H,26,28);1H. The first kappa shape index (κ1) is 23.2. The number of amides is 1. The Balaban J connectivity index is 0.00000300. The van der Waals surface area contributed by atoms with Gasteiger partial charge in [0.05, 0.1) is 23.0 Å². The number of aromatic nitrogens is 3. The number of piperidine rings is 1. The number of halogens is 4. The second-order valence-corrected chi connectivity index (χ2v) is 7.46. The Kier molecular flexibility index (Phi) is 7.29. The lowest BCUT2D eigenvalue weighted by Gasteiger charge is -2.30. The van der Waals surface area contributed by atoms with Gasteiger partial charge in [0, 0.05) is 18.8 Å². The van der Waals surface area contributed by atoms with Crippen molar-refractivity contribution in [3.05, 3.63) is 41.3 Å². The van der Waals surface area contributed by atoms with Gasteiger partial charge in [-0.15, -0.1) is 12.4 Å². The number of nitrogens with zero attached hydrogens (tertiary/aromatic N) is 3. The molecule has 0 bridgehead atoms. The summed E-state index contributed by atoms with van der Waals surface area (Å²) in [5.41, 5.74) is 0.196. The van der Waals surface area contributed by atoms with E-state index in [0.717, 1.165) is 25.2 Å². The summed E-state index contributed by atoms with van der Waals surface area (Å²) in [4.78, 5) is 16.8. The van der Waals surface area contributed by atoms with Crippen molar-refractivity contribution in [1.29, 1.82) is 0 Å². The van der Waals surface area contributed by atoms with Crippen LogP contribution >= 0.6 is 12.4 Å². The molecule has 29 heavy (non-hydrogen) atoms. The molecule has 2 aromatic rings. The quantitative estimate of drug-likeness (QED) is 0.776. The third kappa shape index (κ3) is 5.08. The molecule has 6 nitrogen and oxygen atoms in total. The Morgan fingerprint density at radius 2 is 2.03 bits per heavy atom. The number of carbonyl (C=O) groups is 1. The molecule has 1 fully saturated rings. The van der Waals surface area contributed by atoms with E-state index in [0.29, 0.717) is 23.7 Å². The maximum atomic E-state index is 12.9. The molecule has 0 spiro atoms. The van der Waals surface area contributed by atoms with Crippen LogP contribution in [0.25, 0.3) is 5.82 Å². The van der Waals surface area contributed by atoms with Gasteiger partial charge in [-0.25, -0.2) is 9.67 Å². The van der Waals surface area contributed by atoms with Crippen molar-refractivity contribution in [2.75, 3.05) is 13.1 Å². The third-order valence-corrected chi connectivity index (χ3v) is 5.03. The highest BCUT2D eigenvalue weighted by Crippen LogP contribution is 2.29. The molecule has 0 saturated carbocycles. The van der Waals surface area contributed by atoms with Crippen LogP contribution in [0.3, 0.4) is 0 Å². The molecule has 10 heteroatoms. The first-order valence-electron chi connectivity index (χ1n) is 9.31. The molecule has 0 aromatic carbocycles. The molecule has 1 amide bonds. The van der Waals surface area contributed by atoms with E-state index in [-0.39, 0.29) is 36.1 Å². The van der Waals surface area contributed by atoms with Crippen LogP contribution in [0, 0.1) is 5.92 Å². The normalized spacial score (nSPS) is 19.7. The van der Waals surface area contributed by atoms with Gasteiger partial charge in [0.1, 0.15) is 0 Å². The van der Waals surface area contributed by atoms with E-state index in [2.05, 4.69) is 27.6 Å². The van der Waals surface area contributed by atoms with Gasteiger partial charge in [-0.1, -0.05) is 20.8 Å². The van der Waals surface area contributed by atoms with Crippen LogP contribution in [-0.4, -0.2) is 39.8 Å². The molecular formula is C19H25ClF3N5O. The van der Waals surface area contributed by atoms with Gasteiger partial charge in [-0.2, -0.15) is 18.3 Å². The number of pyridine rings is 1. The second kappa shape index (κ2) is 9.13. The molecule has 1 aliphatic rings. The molecule has 3 rings (SSSR count). The zero-order valence-corrected chi connectivity index (χ0v) is 17.3. The molecule has 2 unspecified atom stereocenters. The van der Waals surface area contributed by atoms with Gasteiger partial charge >= 0.3 is 6.18 Å². The summed E-state index contributed by atoms with van der Waals surface area (Å²) in [5.74, 6) is 0.291. The minimum absolute atomic E-state index is 0. The van der Waals surface area contributed by atoms with E-state index >= 15 is 0 Å². The van der Waals surface area contributed by atoms with Crippen molar-refractivity contribution in [1.82, 2.24) is 25.4 Å². The fraction of sp³-hybridized carbons (Fsp3) is 0.526. The van der Waals surface area contributed by atoms with Crippen molar-refractivity contribution in [3.63, 3.8) is 0 Å². The Hall–Kier alpha value is -2.13. The van der Waals surface area contributed by atoms with Gasteiger partial charge in [0.2, 0.25) is 0 Å². The van der Waals surface area contributed by atoms with E-state index in [1.807, 2.05) is 13.8 Å². The van der Waals surface area contributed by atoms with Crippen LogP contribution in [0.15, 0.2) is 24.5 Å². The lowest BCUT2D eigenvalue weighted by atomic mass is 9.94. The summed E-state index contributed by atoms with van der Waals surface area (Å²) in [6.45, 7) is 7.55. The average molecular weight is 432 g/mol. The zero-order chi connectivity index (χ0) is 20.5. The van der Waals surface area contributed by atoms with Crippen LogP contribution in [0.5, 0.6) is 0 Å². The summed E-state index contributed by atoms with van der Waals surface area (Å²) >= 11 is 0. The topological polar surface area (TPSA) is 71.8 Å². The Bertz CT molecular complexity index is 835. The molecule has 2 aromatic heterocycles. The van der Waals surface area contributed by atoms with Crippen LogP contribution in [0.2, 0.25) is 0 Å². The van der Waals surface area contributed by atoms with Crippen molar-refractivity contribution in [2.45, 2.75) is 45.3 Å². The lowest BCUT2D eigenvalue weighted by molar-refractivity contribution is -0.137. The summed E-state index contributed by atoms with van der Waals surface area (Å²) in [5, 5.41) is 10.5. The van der Waals surface area contributed by atoms with Gasteiger partial charge in [-0.3, -0.25) is 4.79 Å². The lowest BCUT2D eigenvalue weighted by Crippen LogP contribution is -2.50. The van der Waals surface area contributed by atoms with E-state index in [1.54, 1.807) is 0 Å². The van der Waals surface area contributed by atoms with Crippen molar-refractivity contribution in [2.24, 2.45) is 5.92 Å². The highest BCUT2D eigenvalue weighted by molar-refractivity contribution is 5.95. The van der Waals surface area contributed by atoms with Crippen molar-refractivity contribution in [3.8, 4) is 5.82 Å². The van der Waals surface area contributed by atoms with E-state index < -0.39 is 11.7 Å². The summed E-state index contributed by atoms with van der Waals surface area (Å²) in [6, 6.07) is 2.24. The highest BCUT2D eigenvalue weighted by Gasteiger charge is 2.31. The molecular weight excluding hydrogens is 407 g/mol. The molecule has 1 aliphatic heterocycles. The van der Waals surface area contributed by atoms with E-state index in [9.17, 15) is 18.0 Å². The van der Waals surface area contributed by atoms with E-state index in [4.69, 9.17) is 0 Å². The van der Waals surface area contributed by atoms with Crippen LogP contribution in [0.4, 0.5) is 13.2 Å². The van der Waals surface area contributed by atoms with Crippen molar-refractivity contribution >= 4 is 18.3 Å². The number of hydrogen-bond donors (Lipinski definition) is 2. The minimum atomic E-state index is -4.45. The molecule has 2 N–H and O–H groups in total. The Labute approximate surface area is 173 Å². The third-order valence-electron chi connectivity index (χ3n) is 5.03. The van der Waals surface area contributed by atoms with Crippen LogP contribution in [0.1, 0.15) is 54.7 Å². The second-order valence-electron chi connectivity index (χ2n) is 7.46. The monoisotopic (exact) mass is 431 g/mol. The van der Waals surface area contributed by atoms with Gasteiger partial charge in [-0.05, 0) is 36.9 Å². The maximum absolute atomic E-state index is 12.9. The van der Waals surface area contributed by atoms with Gasteiger partial charge < -0.3 is 10.6 Å². The zero-order valence-electron chi connectivity index (χ0n) is 16.5. The number of carbonyl (C=O) groups excluding carboxylic acids is 1. The summed E-state index contributed by atoms with van der Waals surface area (Å²) in [7, 11) is 0. The number of alkyl halides is 3. The molecule has 1 saturated heterocycles. The fourth-order valence-corrected chi connectivity index (χ4v) is 3.38. The SMILES string of the molecule is CC(C)c1c(C(=O)NC2CNCCC2C)cnn1-c1ccc(C(F)(F)F)cn1.Cl. The molecule has 3 heterocycles. The van der Waals surface area contributed by atoms with Crippen LogP contribution < -0.4 is 10.6 Å². The predicted molar refractivity (Wildman–Crippen MR) is 106 cm³/mol. The molecule has 0 aliphatic carbocycles. The predicted octanol–water partition coefficient (Wildman–Crippen LogP) is 3.56. The summed E-state index contributed by atoms with van der Waals surface area (Å²) < 4.78 is 39.8. The van der Waals surface area contributed by atoms with E-state index in [1.165, 1.54) is 16.9 Å². The number of rotatable bonds is 4. The Morgan fingerprint density at radius 3 is 2.59 bits per heavy atom. The average Bonchev–Trinajstić information content (AvgIpc) is 3.08. The van der Waals surface area contributed by atoms with Gasteiger partial charge in [0.25, 0.3) is 5.91 Å². The first-order chi connectivity index (χ1) is 13.2. The van der Waals surface area contributed by atoms with Crippen LogP contribution in [-0.2, 0) is 6.18 Å². The Morgan fingerprint density at radius 1 is 1.31 bits per heavy atom. The maximum Gasteiger partial charge on any atom is 0.417 e.